The van der Waals surface area contributed by atoms with E-state index in [0.29, 0.717) is 0 Å². The van der Waals surface area contributed by atoms with Crippen LogP contribution in [0.5, 0.6) is 0 Å². The summed E-state index contributed by atoms with van der Waals surface area (Å²) < 4.78 is 17.4. The fraction of sp³-hybridized carbons (Fsp3) is 0.429. The van der Waals surface area contributed by atoms with Crippen LogP contribution in [0.4, 0.5) is 0 Å². The number of hydrogen-bond donors (Lipinski definition) is 0. The van der Waals surface area contributed by atoms with Gasteiger partial charge in [-0.25, -0.2) is 0 Å². The fourth-order valence-corrected chi connectivity index (χ4v) is 10.2. The van der Waals surface area contributed by atoms with E-state index in [9.17, 15) is 0 Å². The number of furan rings is 3. The molecule has 0 N–H and O–H groups in total. The Balaban J connectivity index is 1.70. The summed E-state index contributed by atoms with van der Waals surface area (Å²) in [6.07, 6.45) is 12.2. The smallest absolute Gasteiger partial charge is 0.101 e. The second kappa shape index (κ2) is 7.52. The van der Waals surface area contributed by atoms with E-state index in [1.54, 1.807) is 18.8 Å². The van der Waals surface area contributed by atoms with Gasteiger partial charge in [0.25, 0.3) is 0 Å². The van der Waals surface area contributed by atoms with Crippen LogP contribution in [0.3, 0.4) is 0 Å². The molecule has 0 bridgehead atoms. The monoisotopic (exact) mass is 354 g/mol. The van der Waals surface area contributed by atoms with Crippen molar-refractivity contribution in [3.05, 3.63) is 72.5 Å². The molecule has 0 aromatic carbocycles. The van der Waals surface area contributed by atoms with Crippen LogP contribution in [0.15, 0.2) is 68.4 Å². The van der Waals surface area contributed by atoms with Crippen molar-refractivity contribution < 1.29 is 13.3 Å². The third kappa shape index (κ3) is 3.84. The van der Waals surface area contributed by atoms with Crippen LogP contribution >= 0.6 is 0 Å². The van der Waals surface area contributed by atoms with Gasteiger partial charge >= 0.3 is 0 Å². The molecule has 0 aliphatic heterocycles. The molecule has 0 unspecified atom stereocenters. The van der Waals surface area contributed by atoms with Gasteiger partial charge in [-0.3, -0.25) is 0 Å². The Labute approximate surface area is 150 Å². The number of rotatable bonds is 7. The zero-order chi connectivity index (χ0) is 17.0. The Hall–Kier alpha value is -1.94. The zero-order valence-electron chi connectivity index (χ0n) is 14.7. The lowest BCUT2D eigenvalue weighted by molar-refractivity contribution is 0.465. The maximum atomic E-state index is 5.79. The summed E-state index contributed by atoms with van der Waals surface area (Å²) in [6.45, 7) is 0. The van der Waals surface area contributed by atoms with Gasteiger partial charge in [0.1, 0.15) is 17.3 Å². The van der Waals surface area contributed by atoms with Crippen molar-refractivity contribution in [3.63, 3.8) is 0 Å². The van der Waals surface area contributed by atoms with Crippen LogP contribution in [0.2, 0.25) is 5.54 Å². The Kier molecular flexibility index (Phi) is 4.97. The van der Waals surface area contributed by atoms with Crippen molar-refractivity contribution in [3.8, 4) is 0 Å². The molecule has 0 amide bonds. The topological polar surface area (TPSA) is 39.4 Å². The molecule has 0 saturated heterocycles. The summed E-state index contributed by atoms with van der Waals surface area (Å²) in [4.78, 5) is 0. The van der Waals surface area contributed by atoms with Crippen LogP contribution in [0.25, 0.3) is 0 Å². The molecule has 1 fully saturated rings. The molecular weight excluding hydrogens is 328 g/mol. The van der Waals surface area contributed by atoms with Gasteiger partial charge in [-0.15, -0.1) is 0 Å². The Morgan fingerprint density at radius 3 is 1.48 bits per heavy atom. The van der Waals surface area contributed by atoms with Gasteiger partial charge in [0.05, 0.1) is 26.9 Å². The van der Waals surface area contributed by atoms with Gasteiger partial charge in [0, 0.05) is 18.1 Å². The van der Waals surface area contributed by atoms with Crippen molar-refractivity contribution in [1.29, 1.82) is 0 Å². The van der Waals surface area contributed by atoms with Crippen molar-refractivity contribution in [2.45, 2.75) is 55.8 Å². The van der Waals surface area contributed by atoms with Crippen LogP contribution in [-0.4, -0.2) is 8.07 Å². The molecule has 0 radical (unpaired) electrons. The van der Waals surface area contributed by atoms with E-state index in [1.165, 1.54) is 32.1 Å². The Morgan fingerprint density at radius 2 is 1.12 bits per heavy atom. The third-order valence-corrected chi connectivity index (χ3v) is 11.3. The normalized spacial score (nSPS) is 16.3. The highest BCUT2D eigenvalue weighted by Gasteiger charge is 2.43. The maximum Gasteiger partial charge on any atom is 0.101 e. The molecule has 4 heteroatoms. The molecular formula is C21H26O3Si. The highest BCUT2D eigenvalue weighted by molar-refractivity contribution is 6.79. The highest BCUT2D eigenvalue weighted by Crippen LogP contribution is 2.42. The van der Waals surface area contributed by atoms with Gasteiger partial charge in [0.15, 0.2) is 0 Å². The Bertz CT molecular complexity index is 633. The summed E-state index contributed by atoms with van der Waals surface area (Å²) in [5.41, 5.74) is 0.793. The van der Waals surface area contributed by atoms with Crippen molar-refractivity contribution >= 4 is 8.07 Å². The Morgan fingerprint density at radius 1 is 0.680 bits per heavy atom. The lowest BCUT2D eigenvalue weighted by Crippen LogP contribution is -2.49. The lowest BCUT2D eigenvalue weighted by atomic mass is 10.0. The molecule has 1 saturated carbocycles. The van der Waals surface area contributed by atoms with Gasteiger partial charge in [-0.1, -0.05) is 32.1 Å². The van der Waals surface area contributed by atoms with Crippen LogP contribution in [0, 0.1) is 0 Å². The second-order valence-corrected chi connectivity index (χ2v) is 12.1. The van der Waals surface area contributed by atoms with Crippen LogP contribution in [-0.2, 0) is 18.1 Å². The summed E-state index contributed by atoms with van der Waals surface area (Å²) in [6, 6.07) is 15.6. The third-order valence-electron chi connectivity index (χ3n) is 5.79. The van der Waals surface area contributed by atoms with E-state index in [-0.39, 0.29) is 0 Å². The first-order valence-electron chi connectivity index (χ1n) is 9.41. The van der Waals surface area contributed by atoms with Gasteiger partial charge in [-0.2, -0.15) is 0 Å². The summed E-state index contributed by atoms with van der Waals surface area (Å²) in [7, 11) is -1.79. The first-order valence-corrected chi connectivity index (χ1v) is 12.1. The maximum absolute atomic E-state index is 5.79. The SMILES string of the molecule is c1coc(C[Si](Cc2ccco2)(Cc2ccco2)C2CCCCC2)c1. The molecule has 1 aliphatic rings. The highest BCUT2D eigenvalue weighted by atomic mass is 28.3. The molecule has 3 aromatic rings. The van der Waals surface area contributed by atoms with Crippen LogP contribution < -0.4 is 0 Å². The number of hydrogen-bond acceptors (Lipinski definition) is 3. The average molecular weight is 355 g/mol. The molecule has 3 aromatic heterocycles. The summed E-state index contributed by atoms with van der Waals surface area (Å²) in [5, 5.41) is 0. The van der Waals surface area contributed by atoms with E-state index >= 15 is 0 Å². The molecule has 4 rings (SSSR count). The standard InChI is InChI=1S/C21H26O3Si/c1-2-10-21(11-3-1)25(15-18-7-4-12-22-18,16-19-8-5-13-23-19)17-20-9-6-14-24-20/h4-9,12-14,21H,1-3,10-11,15-17H2. The molecule has 0 spiro atoms. The largest absolute Gasteiger partial charge is 0.470 e. The molecule has 3 nitrogen and oxygen atoms in total. The molecule has 3 heterocycles. The van der Waals surface area contributed by atoms with Gasteiger partial charge in [-0.05, 0) is 41.9 Å². The predicted octanol–water partition coefficient (Wildman–Crippen LogP) is 5.89. The van der Waals surface area contributed by atoms with Crippen molar-refractivity contribution in [2.75, 3.05) is 0 Å². The quantitative estimate of drug-likeness (QED) is 0.496. The van der Waals surface area contributed by atoms with E-state index in [2.05, 4.69) is 18.2 Å². The first kappa shape index (κ1) is 16.5. The first-order chi connectivity index (χ1) is 12.3. The van der Waals surface area contributed by atoms with Crippen molar-refractivity contribution in [1.82, 2.24) is 0 Å². The second-order valence-electron chi connectivity index (χ2n) is 7.47. The lowest BCUT2D eigenvalue weighted by Gasteiger charge is -2.40. The van der Waals surface area contributed by atoms with Crippen LogP contribution in [0.1, 0.15) is 49.4 Å². The molecule has 25 heavy (non-hydrogen) atoms. The average Bonchev–Trinajstić information content (AvgIpc) is 3.39. The summed E-state index contributed by atoms with van der Waals surface area (Å²) in [5.74, 6) is 3.36. The fourth-order valence-electron chi connectivity index (χ4n) is 4.62. The van der Waals surface area contributed by atoms with E-state index in [4.69, 9.17) is 13.3 Å². The minimum atomic E-state index is -1.79. The van der Waals surface area contributed by atoms with Crippen molar-refractivity contribution in [2.24, 2.45) is 0 Å². The summed E-state index contributed by atoms with van der Waals surface area (Å²) >= 11 is 0. The van der Waals surface area contributed by atoms with E-state index in [0.717, 1.165) is 41.0 Å². The zero-order valence-corrected chi connectivity index (χ0v) is 15.7. The predicted molar refractivity (Wildman–Crippen MR) is 99.8 cm³/mol. The molecule has 0 atom stereocenters. The minimum Gasteiger partial charge on any atom is -0.470 e. The van der Waals surface area contributed by atoms with E-state index < -0.39 is 8.07 Å². The van der Waals surface area contributed by atoms with Gasteiger partial charge in [0.2, 0.25) is 0 Å². The van der Waals surface area contributed by atoms with Gasteiger partial charge < -0.3 is 13.3 Å². The molecule has 132 valence electrons. The molecule has 1 aliphatic carbocycles. The van der Waals surface area contributed by atoms with E-state index in [1.807, 2.05) is 18.2 Å². The minimum absolute atomic E-state index is 0.793.